The molecule has 1 N–H and O–H groups in total. The van der Waals surface area contributed by atoms with Gasteiger partial charge in [-0.15, -0.1) is 0 Å². The second kappa shape index (κ2) is 21.4. The summed E-state index contributed by atoms with van der Waals surface area (Å²) in [6, 6.07) is 34.0. The molecule has 4 aromatic carbocycles. The van der Waals surface area contributed by atoms with Crippen molar-refractivity contribution in [2.45, 2.75) is 91.8 Å². The Morgan fingerprint density at radius 3 is 1.52 bits per heavy atom. The van der Waals surface area contributed by atoms with Crippen LogP contribution in [0.3, 0.4) is 0 Å². The van der Waals surface area contributed by atoms with E-state index in [9.17, 15) is 4.79 Å². The monoisotopic (exact) mass is 846 g/mol. The molecule has 2 atom stereocenters. The van der Waals surface area contributed by atoms with Crippen LogP contribution >= 0.6 is 0 Å². The number of nitrogens with one attached hydrogen (secondary N) is 1. The molecule has 2 unspecified atom stereocenters. The first-order valence-corrected chi connectivity index (χ1v) is 22.4. The van der Waals surface area contributed by atoms with Crippen molar-refractivity contribution in [3.8, 4) is 45.0 Å². The zero-order chi connectivity index (χ0) is 44.3. The smallest absolute Gasteiger partial charge is 0.305 e. The molecule has 10 nitrogen and oxygen atoms in total. The normalized spacial score (nSPS) is 15.4. The number of anilines is 2. The fraction of sp³-hybridized carbons (Fsp3) is 0.377. The number of hydrogen-bond donors (Lipinski definition) is 1. The number of nitrogens with zero attached hydrogens (tertiary/aromatic N) is 5. The van der Waals surface area contributed by atoms with E-state index in [1.807, 2.05) is 6.92 Å². The Hall–Kier alpha value is -5.97. The van der Waals surface area contributed by atoms with Gasteiger partial charge < -0.3 is 24.4 Å². The summed E-state index contributed by atoms with van der Waals surface area (Å²) >= 11 is 0. The van der Waals surface area contributed by atoms with Crippen molar-refractivity contribution < 1.29 is 19.0 Å². The Morgan fingerprint density at radius 1 is 0.587 bits per heavy atom. The van der Waals surface area contributed by atoms with E-state index >= 15 is 0 Å². The third kappa shape index (κ3) is 11.5. The van der Waals surface area contributed by atoms with Gasteiger partial charge in [-0.2, -0.15) is 0 Å². The van der Waals surface area contributed by atoms with E-state index < -0.39 is 0 Å². The number of aryl methyl sites for hydroxylation is 4. The fourth-order valence-corrected chi connectivity index (χ4v) is 8.05. The summed E-state index contributed by atoms with van der Waals surface area (Å²) in [6.07, 6.45) is 6.21. The minimum Gasteiger partial charge on any atom is -0.466 e. The van der Waals surface area contributed by atoms with Gasteiger partial charge in [0.1, 0.15) is 5.82 Å². The van der Waals surface area contributed by atoms with E-state index in [4.69, 9.17) is 34.1 Å². The van der Waals surface area contributed by atoms with E-state index in [0.29, 0.717) is 13.0 Å². The maximum atomic E-state index is 11.6. The molecule has 2 aromatic heterocycles. The molecule has 0 bridgehead atoms. The molecule has 63 heavy (non-hydrogen) atoms. The van der Waals surface area contributed by atoms with Gasteiger partial charge >= 0.3 is 5.97 Å². The van der Waals surface area contributed by atoms with Crippen LogP contribution in [-0.4, -0.2) is 78.6 Å². The number of hydrogen-bond acceptors (Lipinski definition) is 10. The third-order valence-corrected chi connectivity index (χ3v) is 11.8. The van der Waals surface area contributed by atoms with Crippen LogP contribution in [0.2, 0.25) is 0 Å². The highest BCUT2D eigenvalue weighted by atomic mass is 16.5. The molecule has 6 aromatic rings. The average molecular weight is 847 g/mol. The average Bonchev–Trinajstić information content (AvgIpc) is 3.30. The summed E-state index contributed by atoms with van der Waals surface area (Å²) in [4.78, 5) is 34.4. The maximum absolute atomic E-state index is 11.6. The standard InChI is InChI=1S/C31H39N3O3.C22H23N3O/c1-5-37-28(35)10-8-6-7-9-19-34-21-26(36-4)20-27-31(34)33-30(25-17-13-23(3)14-18-25)29(32-27)24-15-11-22(2)12-16-24;1-14-4-8-16(9-5-14)20-21(17-10-6-15(2)7-11-17)25-22-19(24-20)12-18(26-3)13-23-22/h11-18,26H,5-10,19-21H2,1-4H3;4-11,18H,12-13H2,1-3H3,(H,23,25). The molecule has 2 aliphatic rings. The Morgan fingerprint density at radius 2 is 1.03 bits per heavy atom. The van der Waals surface area contributed by atoms with Crippen molar-refractivity contribution in [1.82, 2.24) is 19.9 Å². The molecule has 0 amide bonds. The van der Waals surface area contributed by atoms with Crippen LogP contribution in [0.5, 0.6) is 0 Å². The third-order valence-electron chi connectivity index (χ3n) is 11.8. The quantitative estimate of drug-likeness (QED) is 0.0840. The zero-order valence-corrected chi connectivity index (χ0v) is 38.0. The van der Waals surface area contributed by atoms with Gasteiger partial charge in [0, 0.05) is 75.4 Å². The van der Waals surface area contributed by atoms with Gasteiger partial charge in [-0.25, -0.2) is 19.9 Å². The number of carbonyl (C=O) groups excluding carboxylic acids is 1. The van der Waals surface area contributed by atoms with Crippen molar-refractivity contribution in [2.75, 3.05) is 50.7 Å². The molecule has 328 valence electrons. The topological polar surface area (TPSA) is 112 Å². The summed E-state index contributed by atoms with van der Waals surface area (Å²) in [7, 11) is 3.52. The molecule has 10 heteroatoms. The molecular formula is C53H62N6O4. The van der Waals surface area contributed by atoms with Gasteiger partial charge in [0.05, 0.1) is 53.0 Å². The van der Waals surface area contributed by atoms with E-state index in [1.165, 1.54) is 22.3 Å². The number of aromatic nitrogens is 4. The van der Waals surface area contributed by atoms with Crippen molar-refractivity contribution in [3.05, 3.63) is 131 Å². The molecule has 0 aliphatic carbocycles. The number of fused-ring (bicyclic) bond motifs is 2. The Labute approximate surface area is 373 Å². The van der Waals surface area contributed by atoms with Crippen LogP contribution in [0, 0.1) is 27.7 Å². The summed E-state index contributed by atoms with van der Waals surface area (Å²) in [5, 5.41) is 3.37. The van der Waals surface area contributed by atoms with Crippen molar-refractivity contribution in [1.29, 1.82) is 0 Å². The molecule has 0 spiro atoms. The van der Waals surface area contributed by atoms with Gasteiger partial charge in [0.25, 0.3) is 0 Å². The maximum Gasteiger partial charge on any atom is 0.305 e. The SMILES string of the molecule is CCOC(=O)CCCCCCN1CC(OC)Cc2nc(-c3ccc(C)cc3)c(-c3ccc(C)cc3)nc21.COC1CNc2nc(-c3ccc(C)cc3)c(-c3ccc(C)cc3)nc2C1. The number of rotatable bonds is 14. The lowest BCUT2D eigenvalue weighted by Gasteiger charge is -2.34. The largest absolute Gasteiger partial charge is 0.466 e. The molecule has 0 saturated carbocycles. The lowest BCUT2D eigenvalue weighted by atomic mass is 10.00. The number of benzene rings is 4. The molecule has 2 aliphatic heterocycles. The van der Waals surface area contributed by atoms with Gasteiger partial charge in [0.2, 0.25) is 0 Å². The number of methoxy groups -OCH3 is 2. The lowest BCUT2D eigenvalue weighted by molar-refractivity contribution is -0.143. The molecule has 8 rings (SSSR count). The highest BCUT2D eigenvalue weighted by molar-refractivity contribution is 5.81. The van der Waals surface area contributed by atoms with Gasteiger partial charge in [-0.05, 0) is 47.5 Å². The number of unbranched alkanes of at least 4 members (excludes halogenated alkanes) is 3. The van der Waals surface area contributed by atoms with Crippen LogP contribution in [0.25, 0.3) is 45.0 Å². The van der Waals surface area contributed by atoms with Gasteiger partial charge in [-0.3, -0.25) is 4.79 Å². The second-order valence-electron chi connectivity index (χ2n) is 16.8. The molecule has 0 saturated heterocycles. The van der Waals surface area contributed by atoms with Crippen LogP contribution in [-0.2, 0) is 31.8 Å². The fourth-order valence-electron chi connectivity index (χ4n) is 8.05. The minimum absolute atomic E-state index is 0.0849. The predicted molar refractivity (Wildman–Crippen MR) is 254 cm³/mol. The van der Waals surface area contributed by atoms with Crippen molar-refractivity contribution in [3.63, 3.8) is 0 Å². The van der Waals surface area contributed by atoms with Crippen molar-refractivity contribution >= 4 is 17.6 Å². The first-order valence-electron chi connectivity index (χ1n) is 22.4. The number of carbonyl (C=O) groups is 1. The molecular weight excluding hydrogens is 785 g/mol. The van der Waals surface area contributed by atoms with Crippen LogP contribution in [0.15, 0.2) is 97.1 Å². The molecule has 0 radical (unpaired) electrons. The number of ether oxygens (including phenoxy) is 3. The summed E-state index contributed by atoms with van der Waals surface area (Å²) in [5.74, 6) is 1.73. The van der Waals surface area contributed by atoms with Crippen LogP contribution < -0.4 is 10.2 Å². The Balaban J connectivity index is 0.000000200. The Bertz CT molecular complexity index is 2440. The minimum atomic E-state index is -0.0984. The van der Waals surface area contributed by atoms with E-state index in [0.717, 1.165) is 126 Å². The summed E-state index contributed by atoms with van der Waals surface area (Å²) < 4.78 is 16.3. The summed E-state index contributed by atoms with van der Waals surface area (Å²) in [6.45, 7) is 13.1. The Kier molecular flexibility index (Phi) is 15.3. The first-order chi connectivity index (χ1) is 30.6. The number of esters is 1. The van der Waals surface area contributed by atoms with Crippen LogP contribution in [0.1, 0.15) is 72.7 Å². The first kappa shape index (κ1) is 45.1. The van der Waals surface area contributed by atoms with E-state index in [2.05, 4.69) is 135 Å². The lowest BCUT2D eigenvalue weighted by Crippen LogP contribution is -2.41. The zero-order valence-electron chi connectivity index (χ0n) is 38.0. The highest BCUT2D eigenvalue weighted by Gasteiger charge is 2.29. The molecule has 0 fully saturated rings. The predicted octanol–water partition coefficient (Wildman–Crippen LogP) is 10.7. The van der Waals surface area contributed by atoms with Crippen molar-refractivity contribution in [2.24, 2.45) is 0 Å². The van der Waals surface area contributed by atoms with E-state index in [-0.39, 0.29) is 18.2 Å². The summed E-state index contributed by atoms with van der Waals surface area (Å²) in [5.41, 5.74) is 14.8. The molecule has 4 heterocycles. The van der Waals surface area contributed by atoms with Gasteiger partial charge in [0.15, 0.2) is 5.82 Å². The van der Waals surface area contributed by atoms with Gasteiger partial charge in [-0.1, -0.05) is 132 Å². The van der Waals surface area contributed by atoms with E-state index in [1.54, 1.807) is 14.2 Å². The second-order valence-corrected chi connectivity index (χ2v) is 16.8. The van der Waals surface area contributed by atoms with Crippen LogP contribution in [0.4, 0.5) is 11.6 Å². The highest BCUT2D eigenvalue weighted by Crippen LogP contribution is 2.36.